The molecule has 0 fully saturated rings. The van der Waals surface area contributed by atoms with E-state index in [2.05, 4.69) is 26.5 Å². The van der Waals surface area contributed by atoms with Crippen molar-refractivity contribution in [3.63, 3.8) is 0 Å². The van der Waals surface area contributed by atoms with Gasteiger partial charge in [-0.1, -0.05) is 15.9 Å². The molecule has 3 rings (SSSR count). The van der Waals surface area contributed by atoms with E-state index in [1.54, 1.807) is 37.4 Å². The lowest BCUT2D eigenvalue weighted by atomic mass is 10.2. The van der Waals surface area contributed by atoms with Gasteiger partial charge in [0.15, 0.2) is 11.5 Å². The third-order valence-electron chi connectivity index (χ3n) is 3.50. The van der Waals surface area contributed by atoms with Crippen LogP contribution >= 0.6 is 15.9 Å². The van der Waals surface area contributed by atoms with E-state index < -0.39 is 5.91 Å². The molecular formula is C17H15BrN2O5. The summed E-state index contributed by atoms with van der Waals surface area (Å²) in [5.41, 5.74) is 3.48. The zero-order valence-corrected chi connectivity index (χ0v) is 15.1. The highest BCUT2D eigenvalue weighted by Gasteiger charge is 2.17. The lowest BCUT2D eigenvalue weighted by Gasteiger charge is -2.08. The molecule has 0 radical (unpaired) electrons. The van der Waals surface area contributed by atoms with Gasteiger partial charge in [-0.3, -0.25) is 4.79 Å². The SMILES string of the molecule is COc1cc2c(cc1/C=N/NC(=O)c1cc(Br)ccc1OC)OCO2. The van der Waals surface area contributed by atoms with E-state index in [1.807, 2.05) is 0 Å². The Morgan fingerprint density at radius 2 is 1.88 bits per heavy atom. The van der Waals surface area contributed by atoms with E-state index in [0.717, 1.165) is 4.47 Å². The van der Waals surface area contributed by atoms with Crippen LogP contribution in [0.3, 0.4) is 0 Å². The fourth-order valence-corrected chi connectivity index (χ4v) is 2.66. The molecule has 2 aromatic carbocycles. The maximum Gasteiger partial charge on any atom is 0.275 e. The van der Waals surface area contributed by atoms with Gasteiger partial charge in [0, 0.05) is 16.1 Å². The Bertz CT molecular complexity index is 838. The number of carbonyl (C=O) groups is 1. The zero-order valence-electron chi connectivity index (χ0n) is 13.5. The van der Waals surface area contributed by atoms with Crippen LogP contribution < -0.4 is 24.4 Å². The van der Waals surface area contributed by atoms with Gasteiger partial charge in [0.2, 0.25) is 6.79 Å². The van der Waals surface area contributed by atoms with Gasteiger partial charge < -0.3 is 18.9 Å². The minimum absolute atomic E-state index is 0.165. The molecule has 7 nitrogen and oxygen atoms in total. The second-order valence-electron chi connectivity index (χ2n) is 4.99. The molecule has 2 aromatic rings. The van der Waals surface area contributed by atoms with Crippen LogP contribution in [0.4, 0.5) is 0 Å². The summed E-state index contributed by atoms with van der Waals surface area (Å²) in [6, 6.07) is 8.59. The number of fused-ring (bicyclic) bond motifs is 1. The minimum atomic E-state index is -0.394. The molecule has 0 unspecified atom stereocenters. The molecule has 0 aliphatic carbocycles. The Morgan fingerprint density at radius 1 is 1.16 bits per heavy atom. The molecule has 0 bridgehead atoms. The molecule has 1 aliphatic heterocycles. The molecule has 0 aromatic heterocycles. The van der Waals surface area contributed by atoms with Crippen molar-refractivity contribution in [2.24, 2.45) is 5.10 Å². The highest BCUT2D eigenvalue weighted by atomic mass is 79.9. The monoisotopic (exact) mass is 406 g/mol. The Morgan fingerprint density at radius 3 is 2.60 bits per heavy atom. The molecular weight excluding hydrogens is 392 g/mol. The summed E-state index contributed by atoms with van der Waals surface area (Å²) in [7, 11) is 3.04. The number of amides is 1. The lowest BCUT2D eigenvalue weighted by Crippen LogP contribution is -2.18. The fourth-order valence-electron chi connectivity index (χ4n) is 2.30. The number of rotatable bonds is 5. The largest absolute Gasteiger partial charge is 0.496 e. The third kappa shape index (κ3) is 3.69. The number of hydrazone groups is 1. The topological polar surface area (TPSA) is 78.4 Å². The Balaban J connectivity index is 1.78. The van der Waals surface area contributed by atoms with Gasteiger partial charge in [0.1, 0.15) is 11.5 Å². The predicted octanol–water partition coefficient (Wildman–Crippen LogP) is 2.96. The van der Waals surface area contributed by atoms with Crippen molar-refractivity contribution in [1.29, 1.82) is 0 Å². The van der Waals surface area contributed by atoms with Gasteiger partial charge in [-0.25, -0.2) is 5.43 Å². The molecule has 1 N–H and O–H groups in total. The van der Waals surface area contributed by atoms with E-state index in [1.165, 1.54) is 13.3 Å². The van der Waals surface area contributed by atoms with E-state index in [-0.39, 0.29) is 6.79 Å². The van der Waals surface area contributed by atoms with Crippen LogP contribution in [0.25, 0.3) is 0 Å². The first kappa shape index (κ1) is 17.1. The van der Waals surface area contributed by atoms with Crippen molar-refractivity contribution in [1.82, 2.24) is 5.43 Å². The van der Waals surface area contributed by atoms with Crippen LogP contribution in [0, 0.1) is 0 Å². The van der Waals surface area contributed by atoms with E-state index in [9.17, 15) is 4.79 Å². The first-order chi connectivity index (χ1) is 12.1. The van der Waals surface area contributed by atoms with Crippen molar-refractivity contribution in [2.45, 2.75) is 0 Å². The first-order valence-electron chi connectivity index (χ1n) is 7.27. The maximum atomic E-state index is 12.3. The predicted molar refractivity (Wildman–Crippen MR) is 94.9 cm³/mol. The van der Waals surface area contributed by atoms with Crippen molar-refractivity contribution >= 4 is 28.1 Å². The van der Waals surface area contributed by atoms with Gasteiger partial charge in [-0.15, -0.1) is 0 Å². The van der Waals surface area contributed by atoms with Crippen molar-refractivity contribution in [3.05, 3.63) is 45.9 Å². The summed E-state index contributed by atoms with van der Waals surface area (Å²) in [5.74, 6) is 1.83. The molecule has 8 heteroatoms. The smallest absolute Gasteiger partial charge is 0.275 e. The molecule has 1 aliphatic rings. The summed E-state index contributed by atoms with van der Waals surface area (Å²) in [6.07, 6.45) is 1.48. The third-order valence-corrected chi connectivity index (χ3v) is 3.99. The van der Waals surface area contributed by atoms with Crippen LogP contribution in [-0.2, 0) is 0 Å². The summed E-state index contributed by atoms with van der Waals surface area (Å²) in [6.45, 7) is 0.165. The number of nitrogens with zero attached hydrogens (tertiary/aromatic N) is 1. The second-order valence-corrected chi connectivity index (χ2v) is 5.91. The van der Waals surface area contributed by atoms with Crippen molar-refractivity contribution < 1.29 is 23.7 Å². The first-order valence-corrected chi connectivity index (χ1v) is 8.06. The Kier molecular flexibility index (Phi) is 5.08. The van der Waals surface area contributed by atoms with Crippen LogP contribution in [0.1, 0.15) is 15.9 Å². The molecule has 1 heterocycles. The summed E-state index contributed by atoms with van der Waals surface area (Å²) < 4.78 is 21.9. The number of ether oxygens (including phenoxy) is 4. The average Bonchev–Trinajstić information content (AvgIpc) is 3.08. The molecule has 0 spiro atoms. The van der Waals surface area contributed by atoms with E-state index >= 15 is 0 Å². The molecule has 1 amide bonds. The van der Waals surface area contributed by atoms with Gasteiger partial charge in [-0.2, -0.15) is 5.10 Å². The quantitative estimate of drug-likeness (QED) is 0.609. The van der Waals surface area contributed by atoms with Crippen LogP contribution in [0.5, 0.6) is 23.0 Å². The number of hydrogen-bond acceptors (Lipinski definition) is 6. The minimum Gasteiger partial charge on any atom is -0.496 e. The molecule has 0 saturated carbocycles. The van der Waals surface area contributed by atoms with Gasteiger partial charge in [0.05, 0.1) is 26.0 Å². The highest BCUT2D eigenvalue weighted by Crippen LogP contribution is 2.37. The summed E-state index contributed by atoms with van der Waals surface area (Å²) >= 11 is 3.33. The molecule has 130 valence electrons. The van der Waals surface area contributed by atoms with Crippen LogP contribution in [0.2, 0.25) is 0 Å². The molecule has 0 atom stereocenters. The fraction of sp³-hybridized carbons (Fsp3) is 0.176. The van der Waals surface area contributed by atoms with Crippen LogP contribution in [-0.4, -0.2) is 33.1 Å². The molecule has 25 heavy (non-hydrogen) atoms. The zero-order chi connectivity index (χ0) is 17.8. The number of hydrogen-bond donors (Lipinski definition) is 1. The van der Waals surface area contributed by atoms with Crippen molar-refractivity contribution in [3.8, 4) is 23.0 Å². The summed E-state index contributed by atoms with van der Waals surface area (Å²) in [4.78, 5) is 12.3. The second kappa shape index (κ2) is 7.43. The number of methoxy groups -OCH3 is 2. The number of benzene rings is 2. The van der Waals surface area contributed by atoms with Gasteiger partial charge in [0.25, 0.3) is 5.91 Å². The normalized spacial score (nSPS) is 12.3. The highest BCUT2D eigenvalue weighted by molar-refractivity contribution is 9.10. The molecule has 0 saturated heterocycles. The van der Waals surface area contributed by atoms with Crippen molar-refractivity contribution in [2.75, 3.05) is 21.0 Å². The number of carbonyl (C=O) groups excluding carboxylic acids is 1. The van der Waals surface area contributed by atoms with Gasteiger partial charge >= 0.3 is 0 Å². The maximum absolute atomic E-state index is 12.3. The number of halogens is 1. The van der Waals surface area contributed by atoms with Gasteiger partial charge in [-0.05, 0) is 24.3 Å². The Labute approximate surface area is 152 Å². The summed E-state index contributed by atoms with van der Waals surface area (Å²) in [5, 5.41) is 3.99. The van der Waals surface area contributed by atoms with Crippen LogP contribution in [0.15, 0.2) is 39.9 Å². The lowest BCUT2D eigenvalue weighted by molar-refractivity contribution is 0.0952. The van der Waals surface area contributed by atoms with E-state index in [0.29, 0.717) is 34.1 Å². The standard InChI is InChI=1S/C17H15BrN2O5/c1-22-13-4-3-11(18)6-12(13)17(21)20-19-8-10-5-15-16(25-9-24-15)7-14(10)23-2/h3-8H,9H2,1-2H3,(H,20,21)/b19-8+. The Hall–Kier alpha value is -2.74. The average molecular weight is 407 g/mol. The van der Waals surface area contributed by atoms with E-state index in [4.69, 9.17) is 18.9 Å². The number of nitrogens with one attached hydrogen (secondary N) is 1.